The summed E-state index contributed by atoms with van der Waals surface area (Å²) in [5.41, 5.74) is 0.802. The molecule has 3 N–H and O–H groups in total. The molecule has 1 amide bonds. The number of rotatable bonds is 4. The van der Waals surface area contributed by atoms with Gasteiger partial charge in [0.05, 0.1) is 17.0 Å². The lowest BCUT2D eigenvalue weighted by Gasteiger charge is -2.19. The molecule has 1 aromatic carbocycles. The lowest BCUT2D eigenvalue weighted by Crippen LogP contribution is -2.40. The molecule has 116 valence electrons. The number of benzene rings is 1. The number of amides is 1. The number of hydrogen-bond acceptors (Lipinski definition) is 4. The molecule has 6 nitrogen and oxygen atoms in total. The minimum atomic E-state index is -3.84. The third-order valence-electron chi connectivity index (χ3n) is 3.83. The maximum Gasteiger partial charge on any atom is 0.251 e. The van der Waals surface area contributed by atoms with Gasteiger partial charge in [-0.25, -0.2) is 13.6 Å². The van der Waals surface area contributed by atoms with Crippen molar-refractivity contribution in [3.63, 3.8) is 0 Å². The van der Waals surface area contributed by atoms with Gasteiger partial charge in [-0.1, -0.05) is 6.07 Å². The van der Waals surface area contributed by atoms with Crippen molar-refractivity contribution in [3.8, 4) is 0 Å². The average molecular weight is 312 g/mol. The van der Waals surface area contributed by atoms with Crippen molar-refractivity contribution in [2.45, 2.75) is 43.2 Å². The van der Waals surface area contributed by atoms with E-state index in [1.807, 2.05) is 0 Å². The summed E-state index contributed by atoms with van der Waals surface area (Å²) in [7, 11) is -2.21. The van der Waals surface area contributed by atoms with Crippen LogP contribution in [0.4, 0.5) is 0 Å². The molecule has 1 fully saturated rings. The average Bonchev–Trinajstić information content (AvgIpc) is 2.85. The van der Waals surface area contributed by atoms with E-state index in [-0.39, 0.29) is 28.5 Å². The van der Waals surface area contributed by atoms with Crippen molar-refractivity contribution >= 4 is 15.9 Å². The van der Waals surface area contributed by atoms with Gasteiger partial charge in [-0.05, 0) is 43.9 Å². The minimum Gasteiger partial charge on any atom is -0.379 e. The Kier molecular flexibility index (Phi) is 4.65. The lowest BCUT2D eigenvalue weighted by molar-refractivity contribution is 0.0722. The molecule has 0 bridgehead atoms. The van der Waals surface area contributed by atoms with Gasteiger partial charge in [-0.2, -0.15) is 0 Å². The lowest BCUT2D eigenvalue weighted by atomic mass is 10.1. The van der Waals surface area contributed by atoms with Gasteiger partial charge in [0, 0.05) is 12.7 Å². The predicted molar refractivity (Wildman–Crippen MR) is 78.5 cm³/mol. The Labute approximate surface area is 124 Å². The Morgan fingerprint density at radius 2 is 2.10 bits per heavy atom. The van der Waals surface area contributed by atoms with Crippen LogP contribution in [0.25, 0.3) is 0 Å². The van der Waals surface area contributed by atoms with E-state index in [0.717, 1.165) is 19.3 Å². The van der Waals surface area contributed by atoms with Crippen molar-refractivity contribution in [1.29, 1.82) is 0 Å². The van der Waals surface area contributed by atoms with Crippen LogP contribution in [-0.4, -0.2) is 33.6 Å². The monoisotopic (exact) mass is 312 g/mol. The first kappa shape index (κ1) is 15.9. The third-order valence-corrected chi connectivity index (χ3v) is 4.88. The summed E-state index contributed by atoms with van der Waals surface area (Å²) in [5.74, 6) is -0.311. The minimum absolute atomic E-state index is 0.0112. The number of primary sulfonamides is 1. The van der Waals surface area contributed by atoms with Crippen LogP contribution in [0.5, 0.6) is 0 Å². The summed E-state index contributed by atoms with van der Waals surface area (Å²) in [4.78, 5) is 12.2. The molecule has 2 unspecified atom stereocenters. The van der Waals surface area contributed by atoms with E-state index in [9.17, 15) is 13.2 Å². The van der Waals surface area contributed by atoms with Crippen molar-refractivity contribution in [1.82, 2.24) is 5.32 Å². The summed E-state index contributed by atoms with van der Waals surface area (Å²) in [6.07, 6.45) is 2.78. The highest BCUT2D eigenvalue weighted by Crippen LogP contribution is 2.22. The fraction of sp³-hybridized carbons (Fsp3) is 0.500. The normalized spacial score (nSPS) is 22.2. The Morgan fingerprint density at radius 1 is 1.38 bits per heavy atom. The smallest absolute Gasteiger partial charge is 0.251 e. The Hall–Kier alpha value is -1.44. The molecule has 1 aliphatic carbocycles. The van der Waals surface area contributed by atoms with E-state index in [4.69, 9.17) is 9.88 Å². The highest BCUT2D eigenvalue weighted by molar-refractivity contribution is 7.89. The van der Waals surface area contributed by atoms with Gasteiger partial charge in [-0.15, -0.1) is 0 Å². The fourth-order valence-corrected chi connectivity index (χ4v) is 3.48. The standard InChI is InChI=1S/C14H20N2O4S/c1-9-6-7-10(8-13(9)21(15,18)19)14(17)16-11-4-3-5-12(11)20-2/h6-8,11-12H,3-5H2,1-2H3,(H,16,17)(H2,15,18,19). The maximum atomic E-state index is 12.3. The molecule has 0 aliphatic heterocycles. The molecular weight excluding hydrogens is 292 g/mol. The van der Waals surface area contributed by atoms with Gasteiger partial charge in [-0.3, -0.25) is 4.79 Å². The van der Waals surface area contributed by atoms with Crippen molar-refractivity contribution < 1.29 is 17.9 Å². The first-order valence-electron chi connectivity index (χ1n) is 6.80. The number of carbonyl (C=O) groups is 1. The molecule has 7 heteroatoms. The highest BCUT2D eigenvalue weighted by atomic mass is 32.2. The second kappa shape index (κ2) is 6.13. The molecule has 0 saturated heterocycles. The van der Waals surface area contributed by atoms with Gasteiger partial charge in [0.1, 0.15) is 0 Å². The first-order valence-corrected chi connectivity index (χ1v) is 8.34. The summed E-state index contributed by atoms with van der Waals surface area (Å²) >= 11 is 0. The highest BCUT2D eigenvalue weighted by Gasteiger charge is 2.28. The summed E-state index contributed by atoms with van der Waals surface area (Å²) in [5, 5.41) is 8.05. The summed E-state index contributed by atoms with van der Waals surface area (Å²) in [6, 6.07) is 4.45. The molecule has 0 heterocycles. The third kappa shape index (κ3) is 3.61. The molecule has 1 aromatic rings. The molecule has 2 atom stereocenters. The zero-order chi connectivity index (χ0) is 15.6. The van der Waals surface area contributed by atoms with E-state index in [1.165, 1.54) is 6.07 Å². The number of methoxy groups -OCH3 is 1. The molecule has 0 spiro atoms. The summed E-state index contributed by atoms with van der Waals surface area (Å²) in [6.45, 7) is 1.64. The van der Waals surface area contributed by atoms with E-state index in [2.05, 4.69) is 5.32 Å². The molecule has 0 aromatic heterocycles. The van der Waals surface area contributed by atoms with Gasteiger partial charge in [0.15, 0.2) is 0 Å². The van der Waals surface area contributed by atoms with Crippen molar-refractivity contribution in [3.05, 3.63) is 29.3 Å². The zero-order valence-corrected chi connectivity index (χ0v) is 12.9. The molecule has 1 aliphatic rings. The van der Waals surface area contributed by atoms with E-state index >= 15 is 0 Å². The van der Waals surface area contributed by atoms with Crippen LogP contribution in [0.3, 0.4) is 0 Å². The number of hydrogen-bond donors (Lipinski definition) is 2. The number of nitrogens with two attached hydrogens (primary N) is 1. The zero-order valence-electron chi connectivity index (χ0n) is 12.1. The largest absolute Gasteiger partial charge is 0.379 e. The fourth-order valence-electron chi connectivity index (χ4n) is 2.67. The second-order valence-electron chi connectivity index (χ2n) is 5.31. The van der Waals surface area contributed by atoms with Crippen LogP contribution >= 0.6 is 0 Å². The van der Waals surface area contributed by atoms with Crippen LogP contribution in [0, 0.1) is 6.92 Å². The Balaban J connectivity index is 2.20. The van der Waals surface area contributed by atoms with E-state index in [1.54, 1.807) is 26.2 Å². The Morgan fingerprint density at radius 3 is 2.71 bits per heavy atom. The van der Waals surface area contributed by atoms with Gasteiger partial charge in [0.2, 0.25) is 10.0 Å². The van der Waals surface area contributed by atoms with Gasteiger partial charge < -0.3 is 10.1 Å². The van der Waals surface area contributed by atoms with Crippen molar-refractivity contribution in [2.24, 2.45) is 5.14 Å². The number of nitrogens with one attached hydrogen (secondary N) is 1. The topological polar surface area (TPSA) is 98.5 Å². The SMILES string of the molecule is COC1CCCC1NC(=O)c1ccc(C)c(S(N)(=O)=O)c1. The van der Waals surface area contributed by atoms with Crippen LogP contribution < -0.4 is 10.5 Å². The van der Waals surface area contributed by atoms with Crippen LogP contribution in [-0.2, 0) is 14.8 Å². The predicted octanol–water partition coefficient (Wildman–Crippen LogP) is 0.940. The number of aryl methyl sites for hydroxylation is 1. The molecular formula is C14H20N2O4S. The Bertz CT molecular complexity index is 642. The molecule has 2 rings (SSSR count). The van der Waals surface area contributed by atoms with Crippen LogP contribution in [0.15, 0.2) is 23.1 Å². The number of ether oxygens (including phenoxy) is 1. The summed E-state index contributed by atoms with van der Waals surface area (Å²) < 4.78 is 28.3. The maximum absolute atomic E-state index is 12.3. The van der Waals surface area contributed by atoms with Gasteiger partial charge in [0.25, 0.3) is 5.91 Å². The van der Waals surface area contributed by atoms with Crippen LogP contribution in [0.2, 0.25) is 0 Å². The molecule has 21 heavy (non-hydrogen) atoms. The number of carbonyl (C=O) groups excluding carboxylic acids is 1. The quantitative estimate of drug-likeness (QED) is 0.864. The van der Waals surface area contributed by atoms with E-state index < -0.39 is 10.0 Å². The van der Waals surface area contributed by atoms with Crippen molar-refractivity contribution in [2.75, 3.05) is 7.11 Å². The molecule has 0 radical (unpaired) electrons. The van der Waals surface area contributed by atoms with Crippen LogP contribution in [0.1, 0.15) is 35.2 Å². The second-order valence-corrected chi connectivity index (χ2v) is 6.84. The first-order chi connectivity index (χ1) is 9.82. The number of sulfonamides is 1. The molecule has 1 saturated carbocycles. The van der Waals surface area contributed by atoms with Gasteiger partial charge >= 0.3 is 0 Å². The van der Waals surface area contributed by atoms with E-state index in [0.29, 0.717) is 5.56 Å².